The van der Waals surface area contributed by atoms with Crippen molar-refractivity contribution in [2.24, 2.45) is 0 Å². The molecule has 0 unspecified atom stereocenters. The molecule has 0 saturated carbocycles. The largest absolute Gasteiger partial charge is 0.482 e. The predicted molar refractivity (Wildman–Crippen MR) is 127 cm³/mol. The molecule has 0 spiro atoms. The first kappa shape index (κ1) is 23.8. The zero-order chi connectivity index (χ0) is 23.1. The Kier molecular flexibility index (Phi) is 7.90. The number of amides is 1. The molecule has 0 bridgehead atoms. The van der Waals surface area contributed by atoms with Gasteiger partial charge in [-0.25, -0.2) is 13.1 Å². The smallest absolute Gasteiger partial charge is 0.262 e. The quantitative estimate of drug-likeness (QED) is 0.461. The molecular formula is C24H25ClN2O4S. The summed E-state index contributed by atoms with van der Waals surface area (Å²) < 4.78 is 33.1. The van der Waals surface area contributed by atoms with Gasteiger partial charge in [0.15, 0.2) is 6.61 Å². The summed E-state index contributed by atoms with van der Waals surface area (Å²) >= 11 is 6.19. The van der Waals surface area contributed by atoms with E-state index in [0.29, 0.717) is 11.6 Å². The van der Waals surface area contributed by atoms with Crippen molar-refractivity contribution in [1.29, 1.82) is 0 Å². The summed E-state index contributed by atoms with van der Waals surface area (Å²) in [5.74, 6) is 0.282. The maximum absolute atomic E-state index is 12.5. The highest BCUT2D eigenvalue weighted by Crippen LogP contribution is 2.27. The second kappa shape index (κ2) is 10.6. The fourth-order valence-corrected chi connectivity index (χ4v) is 4.26. The average Bonchev–Trinajstić information content (AvgIpc) is 2.78. The molecule has 3 aromatic rings. The minimum Gasteiger partial charge on any atom is -0.482 e. The van der Waals surface area contributed by atoms with Crippen molar-refractivity contribution in [3.05, 3.63) is 88.9 Å². The maximum atomic E-state index is 12.5. The van der Waals surface area contributed by atoms with E-state index in [1.54, 1.807) is 0 Å². The molecule has 1 amide bonds. The van der Waals surface area contributed by atoms with E-state index in [2.05, 4.69) is 23.9 Å². The third-order valence-electron chi connectivity index (χ3n) is 4.74. The number of rotatable bonds is 9. The van der Waals surface area contributed by atoms with E-state index in [0.717, 1.165) is 5.56 Å². The SMILES string of the molecule is CC(C)c1ccc(NC(=O)COc2ccc(S(=O)(=O)NCc3ccccc3)cc2Cl)cc1. The van der Waals surface area contributed by atoms with Crippen LogP contribution in [0.4, 0.5) is 5.69 Å². The van der Waals surface area contributed by atoms with Crippen molar-refractivity contribution in [3.63, 3.8) is 0 Å². The molecule has 3 rings (SSSR count). The van der Waals surface area contributed by atoms with Crippen LogP contribution in [0, 0.1) is 0 Å². The van der Waals surface area contributed by atoms with Crippen LogP contribution in [-0.2, 0) is 21.4 Å². The lowest BCUT2D eigenvalue weighted by Gasteiger charge is -2.12. The van der Waals surface area contributed by atoms with Gasteiger partial charge in [-0.3, -0.25) is 4.79 Å². The molecule has 6 nitrogen and oxygen atoms in total. The molecule has 32 heavy (non-hydrogen) atoms. The highest BCUT2D eigenvalue weighted by Gasteiger charge is 2.16. The predicted octanol–water partition coefficient (Wildman–Crippen LogP) is 4.96. The van der Waals surface area contributed by atoms with Gasteiger partial charge in [0.2, 0.25) is 10.0 Å². The zero-order valence-corrected chi connectivity index (χ0v) is 19.4. The van der Waals surface area contributed by atoms with Crippen molar-refractivity contribution in [3.8, 4) is 5.75 Å². The molecular weight excluding hydrogens is 448 g/mol. The summed E-state index contributed by atoms with van der Waals surface area (Å²) in [5.41, 5.74) is 2.69. The Morgan fingerprint density at radius 1 is 1.00 bits per heavy atom. The minimum absolute atomic E-state index is 0.0143. The topological polar surface area (TPSA) is 84.5 Å². The number of carbonyl (C=O) groups is 1. The maximum Gasteiger partial charge on any atom is 0.262 e. The minimum atomic E-state index is -3.75. The van der Waals surface area contributed by atoms with Crippen LogP contribution >= 0.6 is 11.6 Å². The summed E-state index contributed by atoms with van der Waals surface area (Å²) in [5, 5.41) is 2.85. The molecule has 0 aliphatic carbocycles. The number of ether oxygens (including phenoxy) is 1. The number of sulfonamides is 1. The summed E-state index contributed by atoms with van der Waals surface area (Å²) in [6.07, 6.45) is 0. The number of benzene rings is 3. The molecule has 0 fully saturated rings. The Morgan fingerprint density at radius 2 is 1.69 bits per heavy atom. The van der Waals surface area contributed by atoms with Crippen LogP contribution < -0.4 is 14.8 Å². The standard InChI is InChI=1S/C24H25ClN2O4S/c1-17(2)19-8-10-20(11-9-19)27-24(28)16-31-23-13-12-21(14-22(23)25)32(29,30)26-15-18-6-4-3-5-7-18/h3-14,17,26H,15-16H2,1-2H3,(H,27,28). The highest BCUT2D eigenvalue weighted by molar-refractivity contribution is 7.89. The molecule has 0 aromatic heterocycles. The lowest BCUT2D eigenvalue weighted by Crippen LogP contribution is -2.23. The molecule has 2 N–H and O–H groups in total. The van der Waals surface area contributed by atoms with Gasteiger partial charge in [-0.15, -0.1) is 0 Å². The Hall–Kier alpha value is -2.87. The van der Waals surface area contributed by atoms with E-state index in [1.807, 2.05) is 54.6 Å². The van der Waals surface area contributed by atoms with E-state index >= 15 is 0 Å². The lowest BCUT2D eigenvalue weighted by molar-refractivity contribution is -0.118. The number of hydrogen-bond donors (Lipinski definition) is 2. The molecule has 168 valence electrons. The van der Waals surface area contributed by atoms with Crippen LogP contribution in [0.2, 0.25) is 5.02 Å². The van der Waals surface area contributed by atoms with Crippen molar-refractivity contribution in [1.82, 2.24) is 4.72 Å². The van der Waals surface area contributed by atoms with Gasteiger partial charge in [-0.2, -0.15) is 0 Å². The molecule has 0 aliphatic heterocycles. The number of carbonyl (C=O) groups excluding carboxylic acids is 1. The van der Waals surface area contributed by atoms with E-state index in [4.69, 9.17) is 16.3 Å². The van der Waals surface area contributed by atoms with Crippen LogP contribution in [0.1, 0.15) is 30.9 Å². The monoisotopic (exact) mass is 472 g/mol. The summed E-state index contributed by atoms with van der Waals surface area (Å²) in [6, 6.07) is 20.9. The van der Waals surface area contributed by atoms with Crippen molar-refractivity contribution >= 4 is 33.2 Å². The number of anilines is 1. The molecule has 0 saturated heterocycles. The summed E-state index contributed by atoms with van der Waals surface area (Å²) in [7, 11) is -3.75. The second-order valence-electron chi connectivity index (χ2n) is 7.52. The van der Waals surface area contributed by atoms with E-state index < -0.39 is 10.0 Å². The van der Waals surface area contributed by atoms with E-state index in [-0.39, 0.29) is 34.7 Å². The second-order valence-corrected chi connectivity index (χ2v) is 9.69. The fraction of sp³-hybridized carbons (Fsp3) is 0.208. The normalized spacial score (nSPS) is 11.4. The zero-order valence-electron chi connectivity index (χ0n) is 17.8. The number of halogens is 1. The third kappa shape index (κ3) is 6.56. The molecule has 3 aromatic carbocycles. The summed E-state index contributed by atoms with van der Waals surface area (Å²) in [6.45, 7) is 4.10. The van der Waals surface area contributed by atoms with Crippen molar-refractivity contribution in [2.75, 3.05) is 11.9 Å². The molecule has 0 radical (unpaired) electrons. The Morgan fingerprint density at radius 3 is 2.31 bits per heavy atom. The first-order valence-electron chi connectivity index (χ1n) is 10.1. The summed E-state index contributed by atoms with van der Waals surface area (Å²) in [4.78, 5) is 12.2. The van der Waals surface area contributed by atoms with Gasteiger partial charge in [-0.05, 0) is 47.4 Å². The highest BCUT2D eigenvalue weighted by atomic mass is 35.5. The van der Waals surface area contributed by atoms with Gasteiger partial charge >= 0.3 is 0 Å². The van der Waals surface area contributed by atoms with E-state index in [1.165, 1.54) is 23.8 Å². The third-order valence-corrected chi connectivity index (χ3v) is 6.44. The average molecular weight is 473 g/mol. The van der Waals surface area contributed by atoms with Gasteiger partial charge in [0.05, 0.1) is 9.92 Å². The van der Waals surface area contributed by atoms with Gasteiger partial charge in [-0.1, -0.05) is 67.9 Å². The van der Waals surface area contributed by atoms with E-state index in [9.17, 15) is 13.2 Å². The van der Waals surface area contributed by atoms with Crippen molar-refractivity contribution in [2.45, 2.75) is 31.2 Å². The van der Waals surface area contributed by atoms with Gasteiger partial charge < -0.3 is 10.1 Å². The molecule has 0 aliphatic rings. The van der Waals surface area contributed by atoms with Crippen LogP contribution in [0.5, 0.6) is 5.75 Å². The molecule has 0 atom stereocenters. The molecule has 8 heteroatoms. The first-order chi connectivity index (χ1) is 15.2. The van der Waals surface area contributed by atoms with Crippen LogP contribution in [-0.4, -0.2) is 20.9 Å². The van der Waals surface area contributed by atoms with Crippen molar-refractivity contribution < 1.29 is 17.9 Å². The number of hydrogen-bond acceptors (Lipinski definition) is 4. The molecule has 0 heterocycles. The Balaban J connectivity index is 1.57. The van der Waals surface area contributed by atoms with Crippen LogP contribution in [0.15, 0.2) is 77.7 Å². The van der Waals surface area contributed by atoms with Crippen LogP contribution in [0.25, 0.3) is 0 Å². The van der Waals surface area contributed by atoms with Gasteiger partial charge in [0, 0.05) is 12.2 Å². The van der Waals surface area contributed by atoms with Gasteiger partial charge in [0.1, 0.15) is 5.75 Å². The Labute approximate surface area is 193 Å². The Bertz CT molecular complexity index is 1160. The first-order valence-corrected chi connectivity index (χ1v) is 12.0. The van der Waals surface area contributed by atoms with Crippen LogP contribution in [0.3, 0.4) is 0 Å². The fourth-order valence-electron chi connectivity index (χ4n) is 2.92. The van der Waals surface area contributed by atoms with Gasteiger partial charge in [0.25, 0.3) is 5.91 Å². The lowest BCUT2D eigenvalue weighted by atomic mass is 10.0. The number of nitrogens with one attached hydrogen (secondary N) is 2.